The number of benzene rings is 1. The molecule has 7 heteroatoms. The van der Waals surface area contributed by atoms with Crippen LogP contribution >= 0.6 is 7.82 Å². The zero-order chi connectivity index (χ0) is 19.9. The van der Waals surface area contributed by atoms with E-state index >= 15 is 0 Å². The van der Waals surface area contributed by atoms with Crippen LogP contribution in [0.15, 0.2) is 23.8 Å². The molecule has 4 fully saturated rings. The van der Waals surface area contributed by atoms with Crippen molar-refractivity contribution >= 4 is 13.9 Å². The number of phosphoric acid groups is 1. The second-order valence-corrected chi connectivity index (χ2v) is 9.57. The minimum absolute atomic E-state index is 0.146. The van der Waals surface area contributed by atoms with Crippen LogP contribution in [0.3, 0.4) is 0 Å². The highest BCUT2D eigenvalue weighted by Crippen LogP contribution is 2.60. The molecule has 1 aromatic rings. The molecule has 28 heavy (non-hydrogen) atoms. The summed E-state index contributed by atoms with van der Waals surface area (Å²) >= 11 is 0. The Kier molecular flexibility index (Phi) is 5.14. The molecule has 4 aliphatic carbocycles. The van der Waals surface area contributed by atoms with Gasteiger partial charge in [0.15, 0.2) is 0 Å². The molecule has 0 saturated heterocycles. The van der Waals surface area contributed by atoms with Gasteiger partial charge in [0, 0.05) is 19.1 Å². The quantitative estimate of drug-likeness (QED) is 0.690. The van der Waals surface area contributed by atoms with Crippen molar-refractivity contribution in [3.05, 3.63) is 34.9 Å². The smallest absolute Gasteiger partial charge is 0.404 e. The van der Waals surface area contributed by atoms with Gasteiger partial charge in [-0.3, -0.25) is 9.79 Å². The van der Waals surface area contributed by atoms with Crippen molar-refractivity contribution < 1.29 is 23.6 Å². The third-order valence-corrected chi connectivity index (χ3v) is 7.11. The van der Waals surface area contributed by atoms with E-state index in [2.05, 4.69) is 12.1 Å². The summed E-state index contributed by atoms with van der Waals surface area (Å²) in [4.78, 5) is 18.5. The summed E-state index contributed by atoms with van der Waals surface area (Å²) in [7, 11) is -2.88. The maximum absolute atomic E-state index is 11.4. The number of nitriles is 1. The maximum atomic E-state index is 11.4. The van der Waals surface area contributed by atoms with Crippen molar-refractivity contribution in [1.29, 1.82) is 5.26 Å². The van der Waals surface area contributed by atoms with E-state index in [0.29, 0.717) is 17.9 Å². The number of rotatable bonds is 6. The van der Waals surface area contributed by atoms with Gasteiger partial charge in [-0.25, -0.2) is 4.57 Å². The second-order valence-electron chi connectivity index (χ2n) is 8.41. The molecule has 0 radical (unpaired) electrons. The molecule has 4 aliphatic rings. The first-order valence-corrected chi connectivity index (χ1v) is 11.4. The van der Waals surface area contributed by atoms with Crippen molar-refractivity contribution in [2.75, 3.05) is 7.11 Å². The summed E-state index contributed by atoms with van der Waals surface area (Å²) in [6.07, 6.45) is 8.57. The van der Waals surface area contributed by atoms with E-state index in [0.717, 1.165) is 30.2 Å². The molecule has 4 bridgehead atoms. The van der Waals surface area contributed by atoms with E-state index in [1.165, 1.54) is 24.8 Å². The summed E-state index contributed by atoms with van der Waals surface area (Å²) in [6.45, 7) is 0. The first-order chi connectivity index (χ1) is 13.3. The molecule has 0 amide bonds. The number of hydrogen-bond acceptors (Lipinski definition) is 4. The van der Waals surface area contributed by atoms with Gasteiger partial charge in [0.2, 0.25) is 0 Å². The van der Waals surface area contributed by atoms with Gasteiger partial charge in [-0.05, 0) is 73.5 Å². The first-order valence-electron chi connectivity index (χ1n) is 9.85. The molecule has 4 saturated carbocycles. The summed E-state index contributed by atoms with van der Waals surface area (Å²) in [6, 6.07) is 7.33. The van der Waals surface area contributed by atoms with Crippen LogP contribution in [0.2, 0.25) is 0 Å². The Morgan fingerprint density at radius 2 is 2.00 bits per heavy atom. The molecule has 2 atom stereocenters. The highest BCUT2D eigenvalue weighted by atomic mass is 31.2. The van der Waals surface area contributed by atoms with Gasteiger partial charge in [-0.1, -0.05) is 18.2 Å². The van der Waals surface area contributed by atoms with Crippen LogP contribution in [-0.4, -0.2) is 22.5 Å². The minimum Gasteiger partial charge on any atom is -0.404 e. The highest BCUT2D eigenvalue weighted by Gasteiger charge is 2.54. The molecule has 0 aromatic heterocycles. The largest absolute Gasteiger partial charge is 0.524 e. The van der Waals surface area contributed by atoms with Gasteiger partial charge in [0.25, 0.3) is 0 Å². The number of hydrogen-bond donors (Lipinski definition) is 2. The van der Waals surface area contributed by atoms with Crippen LogP contribution in [-0.2, 0) is 15.7 Å². The first kappa shape index (κ1) is 19.7. The topological polar surface area (TPSA) is 99.8 Å². The van der Waals surface area contributed by atoms with E-state index in [1.807, 2.05) is 6.07 Å². The molecule has 150 valence electrons. The number of ether oxygens (including phenoxy) is 1. The Balaban J connectivity index is 1.77. The van der Waals surface area contributed by atoms with Gasteiger partial charge in [-0.2, -0.15) is 5.26 Å². The molecule has 1 aromatic carbocycles. The predicted molar refractivity (Wildman–Crippen MR) is 104 cm³/mol. The van der Waals surface area contributed by atoms with Crippen LogP contribution in [0.5, 0.6) is 5.75 Å². The Hall–Kier alpha value is -1.64. The lowest BCUT2D eigenvalue weighted by Gasteiger charge is -2.57. The Bertz CT molecular complexity index is 869. The maximum Gasteiger partial charge on any atom is 0.524 e. The van der Waals surface area contributed by atoms with Crippen LogP contribution in [0, 0.1) is 29.1 Å². The Morgan fingerprint density at radius 1 is 1.29 bits per heavy atom. The zero-order valence-electron chi connectivity index (χ0n) is 16.0. The van der Waals surface area contributed by atoms with Crippen molar-refractivity contribution in [3.8, 4) is 11.8 Å². The molecule has 0 spiro atoms. The molecular weight excluding hydrogens is 377 g/mol. The standard InChI is InChI=1S/C21H26NO5P/c1-26-21-12-14-8-15(13-21)10-17(9-14)19(21)11-16-4-2-6-20(27-28(23,24)25)18(16)5-3-7-22/h2,4,6,11,14-15,17H,3,5,8-10,12-13H2,1H3,(H2,23,24,25). The molecular formula is C21H26NO5P. The number of nitrogens with zero attached hydrogens (tertiary/aromatic N) is 1. The van der Waals surface area contributed by atoms with E-state index in [-0.39, 0.29) is 17.8 Å². The molecule has 6 nitrogen and oxygen atoms in total. The highest BCUT2D eigenvalue weighted by molar-refractivity contribution is 7.46. The average Bonchev–Trinajstić information content (AvgIpc) is 2.62. The fourth-order valence-electron chi connectivity index (χ4n) is 5.86. The van der Waals surface area contributed by atoms with E-state index in [4.69, 9.17) is 14.5 Å². The second kappa shape index (κ2) is 7.31. The van der Waals surface area contributed by atoms with Crippen molar-refractivity contribution in [2.45, 2.75) is 50.5 Å². The average molecular weight is 403 g/mol. The summed E-state index contributed by atoms with van der Waals surface area (Å²) in [5.74, 6) is 2.11. The molecule has 2 unspecified atom stereocenters. The fourth-order valence-corrected chi connectivity index (χ4v) is 6.28. The fraction of sp³-hybridized carbons (Fsp3) is 0.571. The summed E-state index contributed by atoms with van der Waals surface area (Å²) in [5.41, 5.74) is 2.61. The van der Waals surface area contributed by atoms with Gasteiger partial charge in [-0.15, -0.1) is 0 Å². The molecule has 2 N–H and O–H groups in total. The predicted octanol–water partition coefficient (Wildman–Crippen LogP) is 4.22. The lowest BCUT2D eigenvalue weighted by molar-refractivity contribution is -0.0997. The van der Waals surface area contributed by atoms with Crippen LogP contribution in [0.25, 0.3) is 6.08 Å². The third kappa shape index (κ3) is 3.65. The van der Waals surface area contributed by atoms with Gasteiger partial charge >= 0.3 is 7.82 Å². The van der Waals surface area contributed by atoms with Crippen molar-refractivity contribution in [1.82, 2.24) is 0 Å². The van der Waals surface area contributed by atoms with Crippen molar-refractivity contribution in [3.63, 3.8) is 0 Å². The Morgan fingerprint density at radius 3 is 2.61 bits per heavy atom. The van der Waals surface area contributed by atoms with E-state index in [9.17, 15) is 14.4 Å². The summed E-state index contributed by atoms with van der Waals surface area (Å²) < 4.78 is 22.4. The molecule has 0 aliphatic heterocycles. The number of methoxy groups -OCH3 is 1. The zero-order valence-corrected chi connectivity index (χ0v) is 16.9. The number of phosphoric ester groups is 1. The van der Waals surface area contributed by atoms with E-state index in [1.54, 1.807) is 19.2 Å². The molecule has 0 heterocycles. The lowest BCUT2D eigenvalue weighted by Crippen LogP contribution is -2.53. The van der Waals surface area contributed by atoms with Crippen LogP contribution < -0.4 is 4.52 Å². The monoisotopic (exact) mass is 403 g/mol. The lowest BCUT2D eigenvalue weighted by atomic mass is 9.52. The van der Waals surface area contributed by atoms with Crippen molar-refractivity contribution in [2.24, 2.45) is 17.8 Å². The Labute approximate surface area is 165 Å². The van der Waals surface area contributed by atoms with E-state index < -0.39 is 7.82 Å². The van der Waals surface area contributed by atoms with Gasteiger partial charge < -0.3 is 9.26 Å². The van der Waals surface area contributed by atoms with Crippen LogP contribution in [0.1, 0.15) is 49.7 Å². The van der Waals surface area contributed by atoms with Gasteiger partial charge in [0.1, 0.15) is 5.75 Å². The SMILES string of the molecule is COC12CC3CC(CC(C3)C1=Cc1cccc(OP(=O)(O)O)c1CCC#N)C2. The molecule has 5 rings (SSSR count). The minimum atomic E-state index is -4.68. The normalized spacial score (nSPS) is 32.5. The third-order valence-electron chi connectivity index (χ3n) is 6.68. The summed E-state index contributed by atoms with van der Waals surface area (Å²) in [5, 5.41) is 9.03. The van der Waals surface area contributed by atoms with Gasteiger partial charge in [0.05, 0.1) is 11.7 Å². The van der Waals surface area contributed by atoms with Crippen LogP contribution in [0.4, 0.5) is 0 Å².